The topological polar surface area (TPSA) is 142 Å². The van der Waals surface area contributed by atoms with Crippen molar-refractivity contribution in [1.29, 1.82) is 0 Å². The van der Waals surface area contributed by atoms with Crippen LogP contribution >= 0.6 is 0 Å². The van der Waals surface area contributed by atoms with Gasteiger partial charge in [-0.2, -0.15) is 0 Å². The lowest BCUT2D eigenvalue weighted by Crippen LogP contribution is -2.35. The van der Waals surface area contributed by atoms with Crippen LogP contribution in [0.5, 0.6) is 0 Å². The van der Waals surface area contributed by atoms with Crippen LogP contribution in [0.2, 0.25) is 0 Å². The predicted octanol–water partition coefficient (Wildman–Crippen LogP) is 15.5. The van der Waals surface area contributed by atoms with E-state index in [0.717, 1.165) is 157 Å². The zero-order chi connectivity index (χ0) is 49.6. The van der Waals surface area contributed by atoms with Crippen molar-refractivity contribution in [1.82, 2.24) is 0 Å². The van der Waals surface area contributed by atoms with Crippen molar-refractivity contribution in [2.45, 2.75) is 275 Å². The maximum Gasteiger partial charge on any atom is 0.159 e. The Morgan fingerprint density at radius 2 is 0.701 bits per heavy atom. The summed E-state index contributed by atoms with van der Waals surface area (Å²) in [5.41, 5.74) is 0. The molecule has 3 aliphatic carbocycles. The van der Waals surface area contributed by atoms with Crippen molar-refractivity contribution in [3.05, 3.63) is 0 Å². The molecule has 0 aromatic carbocycles. The molecule has 0 radical (unpaired) electrons. The third kappa shape index (κ3) is 64.4. The molecule has 15 heteroatoms. The average molecular weight is 1130 g/mol. The summed E-state index contributed by atoms with van der Waals surface area (Å²) in [5, 5.41) is 0. The van der Waals surface area contributed by atoms with Crippen molar-refractivity contribution in [2.24, 2.45) is 5.92 Å². The van der Waals surface area contributed by atoms with Gasteiger partial charge in [0.25, 0.3) is 0 Å². The van der Waals surface area contributed by atoms with Crippen LogP contribution in [-0.4, -0.2) is 181 Å². The minimum atomic E-state index is 0. The Balaban J connectivity index is -0.0000000953. The fourth-order valence-corrected chi connectivity index (χ4v) is 6.75. The Morgan fingerprint density at radius 3 is 1.03 bits per heavy atom. The first-order valence-electron chi connectivity index (χ1n) is 27.4. The molecule has 6 aliphatic heterocycles. The first-order valence-corrected chi connectivity index (χ1v) is 27.4. The maximum absolute atomic E-state index is 5.40. The van der Waals surface area contributed by atoms with Gasteiger partial charge in [-0.15, -0.1) is 0 Å². The zero-order valence-corrected chi connectivity index (χ0v) is 45.1. The summed E-state index contributed by atoms with van der Waals surface area (Å²) in [6.45, 7) is 35.0. The van der Waals surface area contributed by atoms with Crippen LogP contribution in [0.1, 0.15) is 225 Å². The molecule has 0 spiro atoms. The number of hydrogen-bond acceptors (Lipinski definition) is 15. The van der Waals surface area contributed by atoms with Gasteiger partial charge in [0, 0.05) is 92.3 Å². The molecule has 9 fully saturated rings. The number of ether oxygens (including phenoxy) is 15. The van der Waals surface area contributed by atoms with Gasteiger partial charge in [-0.3, -0.25) is 0 Å². The maximum atomic E-state index is 5.40. The lowest BCUT2D eigenvalue weighted by molar-refractivity contribution is -0.212. The lowest BCUT2D eigenvalue weighted by Gasteiger charge is -2.25. The first kappa shape index (κ1) is 95.6. The standard InChI is InChI=1S/2C7H14O2.C7H14O.C6H12O2.C6H12O.3C5H10O2.C5H10O.9CH4/c1-2-8-6-7-4-3-5-9-7;1-2-8-7-5-3-4-6-9-7;1-2-8-7-5-3-4-6-7;1-2-8-6-3-4-7-5-6;1-2-7-5-6-3-4-6;1-2-7-5-3-6-4-5;1-2-6-3-5-4-7-5;1-2-6-5-3-4-7-5;1-2-6-5-3-4-5;;;;;;;;;/h2*7H,2-6H2,1H3;7H,2-6H2,1H3;6H,2-5H2,1H3;6H,2-5H2,1H3;3*5H,2-4H2,1H3;5H,2-4H2,1H3;9*1H4. The number of epoxide rings is 1. The smallest absolute Gasteiger partial charge is 0.159 e. The Hall–Kier alpha value is -0.600. The molecular weight excluding hydrogens is 985 g/mol. The first-order chi connectivity index (χ1) is 33.4. The number of hydrogen-bond donors (Lipinski definition) is 0. The monoisotopic (exact) mass is 1130 g/mol. The van der Waals surface area contributed by atoms with E-state index in [1.165, 1.54) is 77.0 Å². The molecule has 0 amide bonds. The molecule has 9 rings (SSSR count). The third-order valence-electron chi connectivity index (χ3n) is 11.1. The Morgan fingerprint density at radius 1 is 0.286 bits per heavy atom. The summed E-state index contributed by atoms with van der Waals surface area (Å²) in [4.78, 5) is 0. The summed E-state index contributed by atoms with van der Waals surface area (Å²) in [6, 6.07) is 0. The largest absolute Gasteiger partial charge is 0.381 e. The summed E-state index contributed by atoms with van der Waals surface area (Å²) >= 11 is 0. The van der Waals surface area contributed by atoms with Gasteiger partial charge in [0.1, 0.15) is 12.2 Å². The van der Waals surface area contributed by atoms with Crippen molar-refractivity contribution in [2.75, 3.05) is 132 Å². The van der Waals surface area contributed by atoms with Crippen LogP contribution in [0.4, 0.5) is 0 Å². The van der Waals surface area contributed by atoms with Crippen LogP contribution in [-0.2, 0) is 71.1 Å². The molecule has 5 unspecified atom stereocenters. The molecule has 6 heterocycles. The highest BCUT2D eigenvalue weighted by molar-refractivity contribution is 4.73. The molecular formula is C62H142O15. The Labute approximate surface area is 482 Å². The van der Waals surface area contributed by atoms with Crippen molar-refractivity contribution < 1.29 is 71.1 Å². The van der Waals surface area contributed by atoms with Crippen LogP contribution < -0.4 is 0 Å². The predicted molar refractivity (Wildman–Crippen MR) is 328 cm³/mol. The quantitative estimate of drug-likeness (QED) is 0.101. The van der Waals surface area contributed by atoms with Gasteiger partial charge in [-0.05, 0) is 145 Å². The van der Waals surface area contributed by atoms with Crippen LogP contribution in [0.3, 0.4) is 0 Å². The van der Waals surface area contributed by atoms with Gasteiger partial charge in [0.15, 0.2) is 12.6 Å². The second kappa shape index (κ2) is 71.5. The summed E-state index contributed by atoms with van der Waals surface area (Å²) in [6.07, 6.45) is 21.9. The molecule has 0 aromatic rings. The van der Waals surface area contributed by atoms with E-state index >= 15 is 0 Å². The van der Waals surface area contributed by atoms with Gasteiger partial charge in [-0.25, -0.2) is 0 Å². The van der Waals surface area contributed by atoms with Gasteiger partial charge in [-0.1, -0.05) is 79.7 Å². The summed E-state index contributed by atoms with van der Waals surface area (Å²) < 4.78 is 77.1. The Kier molecular flexibility index (Phi) is 88.8. The summed E-state index contributed by atoms with van der Waals surface area (Å²) in [5.74, 6) is 0.931. The molecule has 0 N–H and O–H groups in total. The molecule has 0 bridgehead atoms. The van der Waals surface area contributed by atoms with Gasteiger partial charge >= 0.3 is 0 Å². The van der Waals surface area contributed by atoms with E-state index in [0.29, 0.717) is 36.6 Å². The van der Waals surface area contributed by atoms with E-state index in [4.69, 9.17) is 71.1 Å². The number of rotatable bonds is 21. The SMILES string of the molecule is C.C.C.C.C.C.C.C.C.CCOC1CC1.CCOC1CCCC1.CCOC1CCCCO1.CCOC1CCO1.CCOC1CCOC1.CCOC1COC1.CCOCC1CC1.CCOCC1CCCO1.CCOCC1CO1. The van der Waals surface area contributed by atoms with E-state index in [9.17, 15) is 0 Å². The van der Waals surface area contributed by atoms with Gasteiger partial charge < -0.3 is 71.1 Å². The fraction of sp³-hybridized carbons (Fsp3) is 1.00. The highest BCUT2D eigenvalue weighted by Crippen LogP contribution is 2.28. The minimum Gasteiger partial charge on any atom is -0.381 e. The highest BCUT2D eigenvalue weighted by Gasteiger charge is 2.23. The average Bonchev–Trinajstić information content (AvgIpc) is 4.31. The van der Waals surface area contributed by atoms with Gasteiger partial charge in [0.2, 0.25) is 0 Å². The van der Waals surface area contributed by atoms with Crippen LogP contribution in [0, 0.1) is 5.92 Å². The lowest BCUT2D eigenvalue weighted by atomic mass is 10.2. The molecule has 0 aromatic heterocycles. The van der Waals surface area contributed by atoms with E-state index < -0.39 is 0 Å². The highest BCUT2D eigenvalue weighted by atomic mass is 16.7. The second-order valence-corrected chi connectivity index (χ2v) is 17.4. The normalized spacial score (nSPS) is 22.5. The van der Waals surface area contributed by atoms with E-state index in [2.05, 4.69) is 6.92 Å². The van der Waals surface area contributed by atoms with E-state index in [-0.39, 0.29) is 79.4 Å². The van der Waals surface area contributed by atoms with E-state index in [1.54, 1.807) is 0 Å². The van der Waals surface area contributed by atoms with Crippen LogP contribution in [0.25, 0.3) is 0 Å². The van der Waals surface area contributed by atoms with E-state index in [1.807, 2.05) is 55.4 Å². The van der Waals surface area contributed by atoms with Crippen molar-refractivity contribution in [3.8, 4) is 0 Å². The molecule has 77 heavy (non-hydrogen) atoms. The van der Waals surface area contributed by atoms with Crippen molar-refractivity contribution >= 4 is 0 Å². The third-order valence-corrected chi connectivity index (χ3v) is 11.1. The van der Waals surface area contributed by atoms with Gasteiger partial charge in [0.05, 0.1) is 70.7 Å². The Bertz CT molecular complexity index is 923. The molecule has 6 saturated heterocycles. The molecule has 9 aliphatic rings. The fourth-order valence-electron chi connectivity index (χ4n) is 6.75. The van der Waals surface area contributed by atoms with Crippen LogP contribution in [0.15, 0.2) is 0 Å². The molecule has 15 nitrogen and oxygen atoms in total. The van der Waals surface area contributed by atoms with Crippen molar-refractivity contribution in [3.63, 3.8) is 0 Å². The summed E-state index contributed by atoms with van der Waals surface area (Å²) in [7, 11) is 0. The minimum absolute atomic E-state index is 0. The molecule has 480 valence electrons. The zero-order valence-electron chi connectivity index (χ0n) is 45.1. The second-order valence-electron chi connectivity index (χ2n) is 17.4. The molecule has 5 atom stereocenters. The molecule has 3 saturated carbocycles.